The Hall–Kier alpha value is -4.22. The summed E-state index contributed by atoms with van der Waals surface area (Å²) in [7, 11) is 0. The number of aryl methyl sites for hydroxylation is 1. The van der Waals surface area contributed by atoms with Crippen LogP contribution in [0.4, 0.5) is 5.69 Å². The number of halogens is 1. The van der Waals surface area contributed by atoms with Crippen molar-refractivity contribution in [2.75, 3.05) is 5.32 Å². The number of benzene rings is 5. The van der Waals surface area contributed by atoms with Crippen molar-refractivity contribution in [1.29, 1.82) is 0 Å². The van der Waals surface area contributed by atoms with Crippen LogP contribution in [0.3, 0.4) is 0 Å². The lowest BCUT2D eigenvalue weighted by molar-refractivity contribution is 0.102. The van der Waals surface area contributed by atoms with Crippen molar-refractivity contribution in [1.82, 2.24) is 15.0 Å². The zero-order valence-corrected chi connectivity index (χ0v) is 19.0. The predicted octanol–water partition coefficient (Wildman–Crippen LogP) is 6.94. The van der Waals surface area contributed by atoms with E-state index in [1.807, 2.05) is 73.7 Å². The summed E-state index contributed by atoms with van der Waals surface area (Å²) >= 11 is 6.32. The zero-order valence-electron chi connectivity index (χ0n) is 18.3. The van der Waals surface area contributed by atoms with Crippen LogP contribution in [-0.2, 0) is 0 Å². The fraction of sp³-hybridized carbons (Fsp3) is 0.0357. The maximum Gasteiger partial charge on any atom is 0.256 e. The molecule has 1 aromatic heterocycles. The molecule has 5 aromatic carbocycles. The van der Waals surface area contributed by atoms with E-state index in [4.69, 9.17) is 21.8 Å². The number of hydrogen-bond donors (Lipinski definition) is 1. The molecule has 0 atom stereocenters. The minimum absolute atomic E-state index is 0.197. The number of rotatable bonds is 3. The van der Waals surface area contributed by atoms with Crippen molar-refractivity contribution in [2.24, 2.45) is 0 Å². The fourth-order valence-corrected chi connectivity index (χ4v) is 4.59. The van der Waals surface area contributed by atoms with Crippen LogP contribution in [0.25, 0.3) is 38.3 Å². The Morgan fingerprint density at radius 2 is 1.47 bits per heavy atom. The maximum atomic E-state index is 13.2. The topological polar surface area (TPSA) is 59.8 Å². The molecule has 0 spiro atoms. The van der Waals surface area contributed by atoms with Crippen LogP contribution < -0.4 is 5.32 Å². The molecule has 5 nitrogen and oxygen atoms in total. The van der Waals surface area contributed by atoms with Crippen LogP contribution in [0.15, 0.2) is 91.0 Å². The number of anilines is 1. The molecule has 6 aromatic rings. The molecule has 1 N–H and O–H groups in total. The van der Waals surface area contributed by atoms with Gasteiger partial charge in [0, 0.05) is 27.0 Å². The number of nitrogens with zero attached hydrogens (tertiary/aromatic N) is 3. The number of carbonyl (C=O) groups is 1. The lowest BCUT2D eigenvalue weighted by atomic mass is 10.0. The van der Waals surface area contributed by atoms with Gasteiger partial charge in [-0.3, -0.25) is 4.79 Å². The second-order valence-corrected chi connectivity index (χ2v) is 8.65. The Bertz CT molecular complexity index is 1730. The second-order valence-electron chi connectivity index (χ2n) is 8.24. The largest absolute Gasteiger partial charge is 0.322 e. The number of aromatic nitrogens is 3. The van der Waals surface area contributed by atoms with Crippen LogP contribution >= 0.6 is 11.6 Å². The standard InChI is InChI=1S/C28H19ClN4O/c1-17-15-25-26(32-33(31-25)27-14-4-8-18-7-2-3-9-19(18)27)16-24(17)30-28(34)22-12-5-11-21-20(22)10-6-13-23(21)29/h2-16H,1H3,(H,30,34). The molecule has 0 saturated carbocycles. The first kappa shape index (κ1) is 20.4. The average molecular weight is 463 g/mol. The van der Waals surface area contributed by atoms with Crippen LogP contribution in [-0.4, -0.2) is 20.9 Å². The van der Waals surface area contributed by atoms with Gasteiger partial charge in [0.2, 0.25) is 0 Å². The number of fused-ring (bicyclic) bond motifs is 3. The summed E-state index contributed by atoms with van der Waals surface area (Å²) in [6.45, 7) is 1.95. The molecule has 1 amide bonds. The Morgan fingerprint density at radius 1 is 0.794 bits per heavy atom. The van der Waals surface area contributed by atoms with E-state index in [9.17, 15) is 4.79 Å². The van der Waals surface area contributed by atoms with Crippen molar-refractivity contribution >= 4 is 55.8 Å². The summed E-state index contributed by atoms with van der Waals surface area (Å²) < 4.78 is 0. The van der Waals surface area contributed by atoms with E-state index in [2.05, 4.69) is 23.5 Å². The van der Waals surface area contributed by atoms with Gasteiger partial charge in [-0.1, -0.05) is 72.3 Å². The second kappa shape index (κ2) is 7.97. The molecule has 0 aliphatic rings. The van der Waals surface area contributed by atoms with Crippen molar-refractivity contribution in [3.63, 3.8) is 0 Å². The number of carbonyl (C=O) groups excluding carboxylic acids is 1. The molecule has 0 unspecified atom stereocenters. The lowest BCUT2D eigenvalue weighted by Gasteiger charge is -2.10. The van der Waals surface area contributed by atoms with E-state index in [1.54, 1.807) is 10.9 Å². The predicted molar refractivity (Wildman–Crippen MR) is 138 cm³/mol. The van der Waals surface area contributed by atoms with E-state index in [0.29, 0.717) is 21.8 Å². The van der Waals surface area contributed by atoms with Crippen LogP contribution in [0, 0.1) is 6.92 Å². The van der Waals surface area contributed by atoms with E-state index in [1.165, 1.54) is 0 Å². The van der Waals surface area contributed by atoms with Gasteiger partial charge in [-0.15, -0.1) is 15.0 Å². The molecule has 0 aliphatic carbocycles. The SMILES string of the molecule is Cc1cc2nn(-c3cccc4ccccc34)nc2cc1NC(=O)c1cccc2c(Cl)cccc12. The molecular formula is C28H19ClN4O. The van der Waals surface area contributed by atoms with Gasteiger partial charge in [-0.2, -0.15) is 0 Å². The third-order valence-corrected chi connectivity index (χ3v) is 6.40. The molecule has 164 valence electrons. The van der Waals surface area contributed by atoms with Crippen molar-refractivity contribution in [2.45, 2.75) is 6.92 Å². The van der Waals surface area contributed by atoms with Crippen LogP contribution in [0.2, 0.25) is 5.02 Å². The maximum absolute atomic E-state index is 13.2. The summed E-state index contributed by atoms with van der Waals surface area (Å²) in [5, 5.41) is 16.9. The molecule has 0 radical (unpaired) electrons. The third-order valence-electron chi connectivity index (χ3n) is 6.07. The van der Waals surface area contributed by atoms with Crippen LogP contribution in [0.1, 0.15) is 15.9 Å². The summed E-state index contributed by atoms with van der Waals surface area (Å²) in [4.78, 5) is 14.9. The molecular weight excluding hydrogens is 444 g/mol. The Balaban J connectivity index is 1.39. The lowest BCUT2D eigenvalue weighted by Crippen LogP contribution is -2.13. The van der Waals surface area contributed by atoms with E-state index < -0.39 is 0 Å². The van der Waals surface area contributed by atoms with E-state index >= 15 is 0 Å². The minimum atomic E-state index is -0.197. The third kappa shape index (κ3) is 3.38. The van der Waals surface area contributed by atoms with Gasteiger partial charge in [-0.05, 0) is 53.6 Å². The number of hydrogen-bond acceptors (Lipinski definition) is 3. The van der Waals surface area contributed by atoms with Crippen LogP contribution in [0.5, 0.6) is 0 Å². The smallest absolute Gasteiger partial charge is 0.256 e. The molecule has 0 aliphatic heterocycles. The molecule has 6 heteroatoms. The van der Waals surface area contributed by atoms with Gasteiger partial charge in [-0.25, -0.2) is 0 Å². The first-order valence-electron chi connectivity index (χ1n) is 10.9. The summed E-state index contributed by atoms with van der Waals surface area (Å²) in [5.74, 6) is -0.197. The minimum Gasteiger partial charge on any atom is -0.322 e. The van der Waals surface area contributed by atoms with Gasteiger partial charge in [0.05, 0.1) is 5.69 Å². The first-order valence-corrected chi connectivity index (χ1v) is 11.3. The molecule has 1 heterocycles. The Kier molecular flexibility index (Phi) is 4.78. The van der Waals surface area contributed by atoms with Gasteiger partial charge in [0.1, 0.15) is 11.0 Å². The van der Waals surface area contributed by atoms with Gasteiger partial charge < -0.3 is 5.32 Å². The Labute approximate surface area is 200 Å². The van der Waals surface area contributed by atoms with Crippen molar-refractivity contribution in [3.05, 3.63) is 107 Å². The highest BCUT2D eigenvalue weighted by atomic mass is 35.5. The van der Waals surface area contributed by atoms with Gasteiger partial charge in [0.15, 0.2) is 0 Å². The van der Waals surface area contributed by atoms with E-state index in [0.717, 1.165) is 38.3 Å². The number of amides is 1. The number of nitrogens with one attached hydrogen (secondary N) is 1. The first-order chi connectivity index (χ1) is 16.6. The fourth-order valence-electron chi connectivity index (χ4n) is 4.35. The monoisotopic (exact) mass is 462 g/mol. The summed E-state index contributed by atoms with van der Waals surface area (Å²) in [6, 6.07) is 29.2. The van der Waals surface area contributed by atoms with Crippen molar-refractivity contribution < 1.29 is 4.79 Å². The zero-order chi connectivity index (χ0) is 23.2. The highest BCUT2D eigenvalue weighted by Crippen LogP contribution is 2.28. The van der Waals surface area contributed by atoms with Gasteiger partial charge in [0.25, 0.3) is 5.91 Å². The van der Waals surface area contributed by atoms with Gasteiger partial charge >= 0.3 is 0 Å². The normalized spacial score (nSPS) is 11.4. The van der Waals surface area contributed by atoms with E-state index in [-0.39, 0.29) is 5.91 Å². The highest BCUT2D eigenvalue weighted by Gasteiger charge is 2.15. The molecule has 0 saturated heterocycles. The molecule has 6 rings (SSSR count). The average Bonchev–Trinajstić information content (AvgIpc) is 3.26. The highest BCUT2D eigenvalue weighted by molar-refractivity contribution is 6.36. The quantitative estimate of drug-likeness (QED) is 0.310. The summed E-state index contributed by atoms with van der Waals surface area (Å²) in [5.41, 5.74) is 4.55. The molecule has 0 bridgehead atoms. The molecule has 0 fully saturated rings. The van der Waals surface area contributed by atoms with Crippen molar-refractivity contribution in [3.8, 4) is 5.69 Å². The summed E-state index contributed by atoms with van der Waals surface area (Å²) in [6.07, 6.45) is 0. The molecule has 34 heavy (non-hydrogen) atoms. The Morgan fingerprint density at radius 3 is 2.35 bits per heavy atom.